The maximum absolute atomic E-state index is 12.5. The van der Waals surface area contributed by atoms with Gasteiger partial charge in [-0.05, 0) is 32.0 Å². The lowest BCUT2D eigenvalue weighted by Crippen LogP contribution is -2.28. The summed E-state index contributed by atoms with van der Waals surface area (Å²) in [4.78, 5) is 1.80. The van der Waals surface area contributed by atoms with E-state index in [0.717, 1.165) is 12.1 Å². The highest BCUT2D eigenvalue weighted by Crippen LogP contribution is 2.34. The number of alkyl halides is 3. The lowest BCUT2D eigenvalue weighted by molar-refractivity contribution is -0.137. The minimum atomic E-state index is -4.40. The zero-order valence-electron chi connectivity index (χ0n) is 10.8. The topological polar surface area (TPSA) is 53.0 Å². The van der Waals surface area contributed by atoms with Crippen molar-refractivity contribution in [2.24, 2.45) is 5.92 Å². The highest BCUT2D eigenvalue weighted by molar-refractivity contribution is 5.68. The van der Waals surface area contributed by atoms with Crippen LogP contribution in [-0.2, 0) is 6.18 Å². The van der Waals surface area contributed by atoms with Crippen LogP contribution < -0.4 is 10.6 Å². The summed E-state index contributed by atoms with van der Waals surface area (Å²) in [5.74, 6) is -0.221. The van der Waals surface area contributed by atoms with E-state index in [0.29, 0.717) is 18.8 Å². The number of halogens is 3. The molecule has 3 nitrogen and oxygen atoms in total. The van der Waals surface area contributed by atoms with Crippen LogP contribution in [0.1, 0.15) is 19.4 Å². The third-order valence-electron chi connectivity index (χ3n) is 2.79. The third kappa shape index (κ3) is 3.78. The zero-order valence-corrected chi connectivity index (χ0v) is 10.8. The predicted octanol–water partition coefficient (Wildman–Crippen LogP) is 3.27. The van der Waals surface area contributed by atoms with Crippen LogP contribution in [0.2, 0.25) is 0 Å². The van der Waals surface area contributed by atoms with E-state index in [2.05, 4.69) is 6.07 Å². The van der Waals surface area contributed by atoms with Crippen molar-refractivity contribution in [2.45, 2.75) is 20.0 Å². The van der Waals surface area contributed by atoms with Crippen LogP contribution in [0.25, 0.3) is 0 Å². The van der Waals surface area contributed by atoms with Crippen molar-refractivity contribution >= 4 is 11.4 Å². The Labute approximate surface area is 110 Å². The molecule has 0 aliphatic heterocycles. The van der Waals surface area contributed by atoms with Gasteiger partial charge in [-0.3, -0.25) is 0 Å². The average Bonchev–Trinajstić information content (AvgIpc) is 2.34. The molecule has 1 rings (SSSR count). The molecule has 0 amide bonds. The summed E-state index contributed by atoms with van der Waals surface area (Å²) >= 11 is 0. The highest BCUT2D eigenvalue weighted by atomic mass is 19.4. The number of nitrogens with zero attached hydrogens (tertiary/aromatic N) is 2. The normalized spacial score (nSPS) is 12.8. The Bertz CT molecular complexity index is 477. The molecule has 19 heavy (non-hydrogen) atoms. The van der Waals surface area contributed by atoms with Gasteiger partial charge in [-0.2, -0.15) is 18.4 Å². The van der Waals surface area contributed by atoms with Crippen LogP contribution in [0.3, 0.4) is 0 Å². The maximum Gasteiger partial charge on any atom is 0.416 e. The highest BCUT2D eigenvalue weighted by Gasteiger charge is 2.31. The van der Waals surface area contributed by atoms with Gasteiger partial charge in [0.15, 0.2) is 0 Å². The minimum absolute atomic E-state index is 0.0711. The Balaban J connectivity index is 3.04. The van der Waals surface area contributed by atoms with E-state index in [1.807, 2.05) is 6.92 Å². The zero-order chi connectivity index (χ0) is 14.6. The molecule has 1 aromatic carbocycles. The molecule has 0 saturated heterocycles. The summed E-state index contributed by atoms with van der Waals surface area (Å²) < 4.78 is 37.6. The second-order valence-corrected chi connectivity index (χ2v) is 4.34. The van der Waals surface area contributed by atoms with Crippen molar-refractivity contribution < 1.29 is 13.2 Å². The number of hydrogen-bond acceptors (Lipinski definition) is 3. The van der Waals surface area contributed by atoms with E-state index in [-0.39, 0.29) is 11.6 Å². The van der Waals surface area contributed by atoms with Crippen LogP contribution in [0.5, 0.6) is 0 Å². The Kier molecular flexibility index (Phi) is 4.65. The molecule has 0 aromatic heterocycles. The molecule has 6 heteroatoms. The molecule has 2 N–H and O–H groups in total. The minimum Gasteiger partial charge on any atom is -0.397 e. The van der Waals surface area contributed by atoms with Gasteiger partial charge >= 0.3 is 6.18 Å². The second kappa shape index (κ2) is 5.83. The number of rotatable bonds is 4. The van der Waals surface area contributed by atoms with Gasteiger partial charge in [0.2, 0.25) is 0 Å². The van der Waals surface area contributed by atoms with Gasteiger partial charge in [0, 0.05) is 13.1 Å². The number of hydrogen-bond donors (Lipinski definition) is 1. The van der Waals surface area contributed by atoms with Crippen LogP contribution >= 0.6 is 0 Å². The molecule has 0 aliphatic carbocycles. The first-order valence-corrected chi connectivity index (χ1v) is 5.90. The monoisotopic (exact) mass is 271 g/mol. The molecule has 0 saturated carbocycles. The number of benzene rings is 1. The Morgan fingerprint density at radius 2 is 2.05 bits per heavy atom. The SMILES string of the molecule is CCN(CC(C)C#N)c1ccc(C(F)(F)F)cc1N. The smallest absolute Gasteiger partial charge is 0.397 e. The summed E-state index contributed by atoms with van der Waals surface area (Å²) in [5.41, 5.74) is 5.52. The first-order chi connectivity index (χ1) is 8.79. The van der Waals surface area contributed by atoms with Gasteiger partial charge < -0.3 is 10.6 Å². The fraction of sp³-hybridized carbons (Fsp3) is 0.462. The summed E-state index contributed by atoms with van der Waals surface area (Å²) in [7, 11) is 0. The molecule has 0 spiro atoms. The Hall–Kier alpha value is -1.90. The first-order valence-electron chi connectivity index (χ1n) is 5.90. The van der Waals surface area contributed by atoms with Crippen molar-refractivity contribution in [3.8, 4) is 6.07 Å². The molecule has 0 heterocycles. The first kappa shape index (κ1) is 15.2. The van der Waals surface area contributed by atoms with Gasteiger partial charge in [0.05, 0.1) is 28.9 Å². The molecule has 1 atom stereocenters. The second-order valence-electron chi connectivity index (χ2n) is 4.34. The molecule has 104 valence electrons. The molecular weight excluding hydrogens is 255 g/mol. The van der Waals surface area contributed by atoms with Crippen LogP contribution in [-0.4, -0.2) is 13.1 Å². The molecular formula is C13H16F3N3. The van der Waals surface area contributed by atoms with Gasteiger partial charge in [-0.15, -0.1) is 0 Å². The van der Waals surface area contributed by atoms with E-state index in [1.165, 1.54) is 6.07 Å². The molecule has 0 fully saturated rings. The van der Waals surface area contributed by atoms with E-state index in [9.17, 15) is 13.2 Å². The van der Waals surface area contributed by atoms with Gasteiger partial charge in [-0.1, -0.05) is 0 Å². The number of nitrogen functional groups attached to an aromatic ring is 1. The van der Waals surface area contributed by atoms with E-state index in [4.69, 9.17) is 11.0 Å². The summed E-state index contributed by atoms with van der Waals surface area (Å²) in [6.07, 6.45) is -4.40. The molecule has 1 aromatic rings. The average molecular weight is 271 g/mol. The van der Waals surface area contributed by atoms with E-state index < -0.39 is 11.7 Å². The quantitative estimate of drug-likeness (QED) is 0.855. The lowest BCUT2D eigenvalue weighted by Gasteiger charge is -2.26. The standard InChI is InChI=1S/C13H16F3N3/c1-3-19(8-9(2)7-17)12-5-4-10(6-11(12)18)13(14,15)16/h4-6,9H,3,8,18H2,1-2H3. The predicted molar refractivity (Wildman–Crippen MR) is 68.5 cm³/mol. The molecule has 0 aliphatic rings. The van der Waals surface area contributed by atoms with Crippen molar-refractivity contribution in [1.29, 1.82) is 5.26 Å². The molecule has 0 bridgehead atoms. The molecule has 1 unspecified atom stereocenters. The maximum atomic E-state index is 12.5. The Morgan fingerprint density at radius 1 is 1.42 bits per heavy atom. The van der Waals surface area contributed by atoms with E-state index >= 15 is 0 Å². The lowest BCUT2D eigenvalue weighted by atomic mass is 10.1. The largest absolute Gasteiger partial charge is 0.416 e. The van der Waals surface area contributed by atoms with Gasteiger partial charge in [-0.25, -0.2) is 0 Å². The molecule has 0 radical (unpaired) electrons. The Morgan fingerprint density at radius 3 is 2.47 bits per heavy atom. The summed E-state index contributed by atoms with van der Waals surface area (Å²) in [6, 6.07) is 5.38. The van der Waals surface area contributed by atoms with Crippen LogP contribution in [0, 0.1) is 17.2 Å². The summed E-state index contributed by atoms with van der Waals surface area (Å²) in [5, 5.41) is 8.79. The van der Waals surface area contributed by atoms with Crippen LogP contribution in [0.15, 0.2) is 18.2 Å². The van der Waals surface area contributed by atoms with Crippen molar-refractivity contribution in [3.05, 3.63) is 23.8 Å². The third-order valence-corrected chi connectivity index (χ3v) is 2.79. The number of anilines is 2. The van der Waals surface area contributed by atoms with Gasteiger partial charge in [0.25, 0.3) is 0 Å². The van der Waals surface area contributed by atoms with Crippen LogP contribution in [0.4, 0.5) is 24.5 Å². The number of nitrogens with two attached hydrogens (primary N) is 1. The fourth-order valence-corrected chi connectivity index (χ4v) is 1.79. The van der Waals surface area contributed by atoms with Crippen molar-refractivity contribution in [2.75, 3.05) is 23.7 Å². The number of nitriles is 1. The van der Waals surface area contributed by atoms with Crippen molar-refractivity contribution in [1.82, 2.24) is 0 Å². The summed E-state index contributed by atoms with van der Waals surface area (Å²) in [6.45, 7) is 4.62. The fourth-order valence-electron chi connectivity index (χ4n) is 1.79. The van der Waals surface area contributed by atoms with E-state index in [1.54, 1.807) is 11.8 Å². The van der Waals surface area contributed by atoms with Gasteiger partial charge in [0.1, 0.15) is 0 Å². The van der Waals surface area contributed by atoms with Crippen molar-refractivity contribution in [3.63, 3.8) is 0 Å².